The average Bonchev–Trinajstić information content (AvgIpc) is 3.14. The van der Waals surface area contributed by atoms with Crippen molar-refractivity contribution in [2.45, 2.75) is 20.3 Å². The van der Waals surface area contributed by atoms with E-state index in [0.717, 1.165) is 5.76 Å². The van der Waals surface area contributed by atoms with Gasteiger partial charge < -0.3 is 14.4 Å². The van der Waals surface area contributed by atoms with E-state index in [1.165, 1.54) is 11.3 Å². The van der Waals surface area contributed by atoms with E-state index in [2.05, 4.69) is 4.98 Å². The maximum atomic E-state index is 12.6. The lowest BCUT2D eigenvalue weighted by Crippen LogP contribution is -2.45. The van der Waals surface area contributed by atoms with Crippen LogP contribution in [0.5, 0.6) is 0 Å². The highest BCUT2D eigenvalue weighted by Crippen LogP contribution is 2.28. The number of likely N-dealkylation sites (tertiary alicyclic amines) is 1. The number of aromatic nitrogens is 1. The fourth-order valence-electron chi connectivity index (χ4n) is 2.89. The second-order valence-electron chi connectivity index (χ2n) is 5.91. The smallest absolute Gasteiger partial charge is 0.306 e. The Labute approximate surface area is 137 Å². The largest absolute Gasteiger partial charge is 0.481 e. The van der Waals surface area contributed by atoms with E-state index in [-0.39, 0.29) is 17.7 Å². The van der Waals surface area contributed by atoms with Gasteiger partial charge in [0.25, 0.3) is 5.91 Å². The molecule has 2 aromatic heterocycles. The zero-order valence-electron chi connectivity index (χ0n) is 13.0. The topological polar surface area (TPSA) is 83.6 Å². The average molecular weight is 334 g/mol. The maximum Gasteiger partial charge on any atom is 0.306 e. The van der Waals surface area contributed by atoms with E-state index < -0.39 is 5.97 Å². The van der Waals surface area contributed by atoms with Gasteiger partial charge in [0.05, 0.1) is 5.92 Å². The molecule has 1 N–H and O–H groups in total. The summed E-state index contributed by atoms with van der Waals surface area (Å²) in [4.78, 5) is 29.8. The molecule has 2 unspecified atom stereocenters. The van der Waals surface area contributed by atoms with Crippen LogP contribution in [0.3, 0.4) is 0 Å². The summed E-state index contributed by atoms with van der Waals surface area (Å²) >= 11 is 1.37. The van der Waals surface area contributed by atoms with Crippen LogP contribution in [0.2, 0.25) is 0 Å². The summed E-state index contributed by atoms with van der Waals surface area (Å²) in [7, 11) is 0. The van der Waals surface area contributed by atoms with Crippen LogP contribution in [0.4, 0.5) is 0 Å². The number of hydrogen-bond acceptors (Lipinski definition) is 5. The van der Waals surface area contributed by atoms with Crippen molar-refractivity contribution in [1.29, 1.82) is 0 Å². The third-order valence-corrected chi connectivity index (χ3v) is 5.04. The number of carboxylic acids is 1. The van der Waals surface area contributed by atoms with Crippen molar-refractivity contribution in [3.05, 3.63) is 29.0 Å². The summed E-state index contributed by atoms with van der Waals surface area (Å²) in [5.74, 6) is 0.0875. The molecular weight excluding hydrogens is 316 g/mol. The molecule has 23 heavy (non-hydrogen) atoms. The Morgan fingerprint density at radius 1 is 1.43 bits per heavy atom. The second kappa shape index (κ2) is 6.16. The van der Waals surface area contributed by atoms with Gasteiger partial charge in [-0.3, -0.25) is 9.59 Å². The number of carbonyl (C=O) groups excluding carboxylic acids is 1. The number of furan rings is 1. The van der Waals surface area contributed by atoms with Crippen molar-refractivity contribution in [3.8, 4) is 10.8 Å². The Morgan fingerprint density at radius 3 is 2.83 bits per heavy atom. The van der Waals surface area contributed by atoms with Crippen LogP contribution < -0.4 is 0 Å². The van der Waals surface area contributed by atoms with Crippen LogP contribution in [0.25, 0.3) is 10.8 Å². The Kier molecular flexibility index (Phi) is 4.21. The normalized spacial score (nSPS) is 21.4. The fraction of sp³-hybridized carbons (Fsp3) is 0.438. The zero-order chi connectivity index (χ0) is 16.6. The predicted molar refractivity (Wildman–Crippen MR) is 85.4 cm³/mol. The Balaban J connectivity index is 1.72. The van der Waals surface area contributed by atoms with Crippen molar-refractivity contribution in [1.82, 2.24) is 9.88 Å². The van der Waals surface area contributed by atoms with Gasteiger partial charge >= 0.3 is 5.97 Å². The summed E-state index contributed by atoms with van der Waals surface area (Å²) in [6.45, 7) is 4.63. The first-order valence-corrected chi connectivity index (χ1v) is 8.38. The fourth-order valence-corrected chi connectivity index (χ4v) is 3.65. The van der Waals surface area contributed by atoms with E-state index >= 15 is 0 Å². The lowest BCUT2D eigenvalue weighted by Gasteiger charge is -2.34. The molecule has 0 aliphatic carbocycles. The maximum absolute atomic E-state index is 12.6. The van der Waals surface area contributed by atoms with Gasteiger partial charge in [0.2, 0.25) is 0 Å². The van der Waals surface area contributed by atoms with Crippen molar-refractivity contribution < 1.29 is 19.1 Å². The van der Waals surface area contributed by atoms with Gasteiger partial charge in [-0.05, 0) is 31.4 Å². The molecule has 2 atom stereocenters. The Hall–Kier alpha value is -2.15. The highest BCUT2D eigenvalue weighted by molar-refractivity contribution is 7.13. The molecule has 6 nitrogen and oxygen atoms in total. The third kappa shape index (κ3) is 3.14. The van der Waals surface area contributed by atoms with Gasteiger partial charge in [0.1, 0.15) is 11.5 Å². The minimum Gasteiger partial charge on any atom is -0.481 e. The summed E-state index contributed by atoms with van der Waals surface area (Å²) in [5, 5.41) is 11.6. The van der Waals surface area contributed by atoms with Crippen molar-refractivity contribution >= 4 is 23.2 Å². The van der Waals surface area contributed by atoms with E-state index in [4.69, 9.17) is 9.52 Å². The second-order valence-corrected chi connectivity index (χ2v) is 6.77. The molecule has 7 heteroatoms. The molecule has 1 aliphatic heterocycles. The molecule has 3 rings (SSSR count). The SMILES string of the molecule is Cc1ccc(-c2nc(C(=O)N3CCC(C(=O)O)C(C)C3)cs2)o1. The molecule has 1 saturated heterocycles. The van der Waals surface area contributed by atoms with E-state index in [1.807, 2.05) is 26.0 Å². The highest BCUT2D eigenvalue weighted by Gasteiger charge is 2.33. The predicted octanol–water partition coefficient (Wildman–Crippen LogP) is 2.89. The van der Waals surface area contributed by atoms with Crippen molar-refractivity contribution in [2.75, 3.05) is 13.1 Å². The van der Waals surface area contributed by atoms with Crippen molar-refractivity contribution in [2.24, 2.45) is 11.8 Å². The molecule has 1 fully saturated rings. The van der Waals surface area contributed by atoms with Crippen LogP contribution >= 0.6 is 11.3 Å². The first-order valence-electron chi connectivity index (χ1n) is 7.50. The molecule has 0 spiro atoms. The summed E-state index contributed by atoms with van der Waals surface area (Å²) in [5.41, 5.74) is 0.389. The van der Waals surface area contributed by atoms with Gasteiger partial charge in [0.15, 0.2) is 10.8 Å². The summed E-state index contributed by atoms with van der Waals surface area (Å²) in [6, 6.07) is 3.69. The van der Waals surface area contributed by atoms with Gasteiger partial charge in [-0.1, -0.05) is 6.92 Å². The number of thiazole rings is 1. The number of carbonyl (C=O) groups is 2. The van der Waals surface area contributed by atoms with Crippen LogP contribution in [0.15, 0.2) is 21.9 Å². The quantitative estimate of drug-likeness (QED) is 0.933. The number of piperidine rings is 1. The summed E-state index contributed by atoms with van der Waals surface area (Å²) < 4.78 is 5.52. The molecule has 1 aliphatic rings. The first kappa shape index (κ1) is 15.7. The molecule has 0 bridgehead atoms. The van der Waals surface area contributed by atoms with Crippen LogP contribution in [-0.4, -0.2) is 40.0 Å². The van der Waals surface area contributed by atoms with Gasteiger partial charge in [-0.15, -0.1) is 11.3 Å². The Bertz CT molecular complexity index is 736. The monoisotopic (exact) mass is 334 g/mol. The van der Waals surface area contributed by atoms with Gasteiger partial charge in [-0.25, -0.2) is 4.98 Å². The number of hydrogen-bond donors (Lipinski definition) is 1. The lowest BCUT2D eigenvalue weighted by atomic mass is 9.87. The molecule has 0 aromatic carbocycles. The van der Waals surface area contributed by atoms with Crippen LogP contribution in [-0.2, 0) is 4.79 Å². The van der Waals surface area contributed by atoms with E-state index in [9.17, 15) is 9.59 Å². The number of aryl methyl sites for hydroxylation is 1. The summed E-state index contributed by atoms with van der Waals surface area (Å²) in [6.07, 6.45) is 0.483. The first-order chi connectivity index (χ1) is 11.0. The van der Waals surface area contributed by atoms with Crippen LogP contribution in [0, 0.1) is 18.8 Å². The number of nitrogens with zero attached hydrogens (tertiary/aromatic N) is 2. The molecule has 3 heterocycles. The Morgan fingerprint density at radius 2 is 2.22 bits per heavy atom. The highest BCUT2D eigenvalue weighted by atomic mass is 32.1. The molecule has 2 aromatic rings. The lowest BCUT2D eigenvalue weighted by molar-refractivity contribution is -0.145. The van der Waals surface area contributed by atoms with Gasteiger partial charge in [-0.2, -0.15) is 0 Å². The van der Waals surface area contributed by atoms with Crippen LogP contribution in [0.1, 0.15) is 29.6 Å². The molecule has 1 amide bonds. The standard InChI is InChI=1S/C16H18N2O4S/c1-9-7-18(6-5-11(9)16(20)21)15(19)12-8-23-14(17-12)13-4-3-10(2)22-13/h3-4,8-9,11H,5-7H2,1-2H3,(H,20,21). The van der Waals surface area contributed by atoms with E-state index in [1.54, 1.807) is 10.3 Å². The van der Waals surface area contributed by atoms with E-state index in [0.29, 0.717) is 36.0 Å². The van der Waals surface area contributed by atoms with Crippen molar-refractivity contribution in [3.63, 3.8) is 0 Å². The molecule has 0 saturated carbocycles. The number of carboxylic acid groups (broad SMARTS) is 1. The van der Waals surface area contributed by atoms with Gasteiger partial charge in [0, 0.05) is 18.5 Å². The molecule has 0 radical (unpaired) electrons. The minimum absolute atomic E-state index is 0.0592. The third-order valence-electron chi connectivity index (χ3n) is 4.18. The zero-order valence-corrected chi connectivity index (χ0v) is 13.8. The molecular formula is C16H18N2O4S. The number of rotatable bonds is 3. The minimum atomic E-state index is -0.784. The number of amides is 1. The molecule has 122 valence electrons. The number of aliphatic carboxylic acids is 1.